The molecular weight excluding hydrogens is 326 g/mol. The molecule has 118 valence electrons. The van der Waals surface area contributed by atoms with Gasteiger partial charge >= 0.3 is 0 Å². The fourth-order valence-corrected chi connectivity index (χ4v) is 3.74. The van der Waals surface area contributed by atoms with Gasteiger partial charge < -0.3 is 19.7 Å². The van der Waals surface area contributed by atoms with Gasteiger partial charge in [-0.1, -0.05) is 17.7 Å². The highest BCUT2D eigenvalue weighted by Crippen LogP contribution is 2.39. The van der Waals surface area contributed by atoms with E-state index in [0.29, 0.717) is 35.2 Å². The standard InChI is InChI=1S/C15H16ClNO4S/c16-14-10(8-11(22-14)15-20-6-7-21-15)13(19)12-9(3-5-18)2-1-4-17-12/h1-2,4,8,13,15,18-19H,3,5-7H2. The van der Waals surface area contributed by atoms with Gasteiger partial charge in [-0.05, 0) is 24.1 Å². The highest BCUT2D eigenvalue weighted by Gasteiger charge is 2.26. The van der Waals surface area contributed by atoms with Crippen molar-refractivity contribution >= 4 is 22.9 Å². The first-order valence-electron chi connectivity index (χ1n) is 6.95. The Labute approximate surface area is 137 Å². The van der Waals surface area contributed by atoms with E-state index in [2.05, 4.69) is 4.98 Å². The van der Waals surface area contributed by atoms with Gasteiger partial charge in [-0.25, -0.2) is 0 Å². The van der Waals surface area contributed by atoms with Crippen LogP contribution in [0.1, 0.15) is 34.1 Å². The molecule has 7 heteroatoms. The van der Waals surface area contributed by atoms with Gasteiger partial charge in [0.05, 0.1) is 28.1 Å². The number of aromatic nitrogens is 1. The monoisotopic (exact) mass is 341 g/mol. The maximum Gasteiger partial charge on any atom is 0.193 e. The quantitative estimate of drug-likeness (QED) is 0.874. The number of aliphatic hydroxyl groups is 2. The van der Waals surface area contributed by atoms with Crippen molar-refractivity contribution in [3.8, 4) is 0 Å². The minimum atomic E-state index is -0.943. The summed E-state index contributed by atoms with van der Waals surface area (Å²) in [7, 11) is 0. The minimum Gasteiger partial charge on any atom is -0.396 e. The van der Waals surface area contributed by atoms with Crippen molar-refractivity contribution in [2.24, 2.45) is 0 Å². The van der Waals surface area contributed by atoms with Crippen LogP contribution in [0.25, 0.3) is 0 Å². The molecule has 3 heterocycles. The van der Waals surface area contributed by atoms with Crippen molar-refractivity contribution < 1.29 is 19.7 Å². The normalized spacial score (nSPS) is 17.0. The van der Waals surface area contributed by atoms with Crippen molar-refractivity contribution in [1.82, 2.24) is 4.98 Å². The summed E-state index contributed by atoms with van der Waals surface area (Å²) in [4.78, 5) is 5.07. The summed E-state index contributed by atoms with van der Waals surface area (Å²) in [6.07, 6.45) is 0.693. The molecular formula is C15H16ClNO4S. The molecule has 1 aliphatic heterocycles. The smallest absolute Gasteiger partial charge is 0.193 e. The zero-order valence-corrected chi connectivity index (χ0v) is 13.3. The van der Waals surface area contributed by atoms with E-state index < -0.39 is 12.4 Å². The Morgan fingerprint density at radius 2 is 2.18 bits per heavy atom. The van der Waals surface area contributed by atoms with Gasteiger partial charge in [0.2, 0.25) is 0 Å². The maximum atomic E-state index is 10.6. The van der Waals surface area contributed by atoms with Gasteiger partial charge in [0, 0.05) is 18.4 Å². The van der Waals surface area contributed by atoms with E-state index in [1.165, 1.54) is 11.3 Å². The van der Waals surface area contributed by atoms with E-state index in [1.54, 1.807) is 18.3 Å². The predicted octanol–water partition coefficient (Wildman–Crippen LogP) is 2.46. The summed E-state index contributed by atoms with van der Waals surface area (Å²) in [5, 5.41) is 19.8. The van der Waals surface area contributed by atoms with Crippen molar-refractivity contribution in [3.63, 3.8) is 0 Å². The Balaban J connectivity index is 1.90. The summed E-state index contributed by atoms with van der Waals surface area (Å²) in [6, 6.07) is 5.42. The second-order valence-electron chi connectivity index (χ2n) is 4.88. The van der Waals surface area contributed by atoms with Crippen LogP contribution in [0, 0.1) is 0 Å². The molecule has 0 amide bonds. The third-order valence-corrected chi connectivity index (χ3v) is 4.86. The van der Waals surface area contributed by atoms with E-state index in [-0.39, 0.29) is 6.61 Å². The number of halogens is 1. The Hall–Kier alpha value is -1.02. The first kappa shape index (κ1) is 15.9. The Kier molecular flexibility index (Phi) is 5.07. The van der Waals surface area contributed by atoms with Crippen molar-refractivity contribution in [2.45, 2.75) is 18.8 Å². The van der Waals surface area contributed by atoms with Crippen LogP contribution < -0.4 is 0 Å². The molecule has 1 unspecified atom stereocenters. The summed E-state index contributed by atoms with van der Waals surface area (Å²) >= 11 is 7.60. The predicted molar refractivity (Wildman–Crippen MR) is 83.1 cm³/mol. The van der Waals surface area contributed by atoms with Gasteiger partial charge in [0.25, 0.3) is 0 Å². The van der Waals surface area contributed by atoms with E-state index in [0.717, 1.165) is 10.4 Å². The summed E-state index contributed by atoms with van der Waals surface area (Å²) in [5.41, 5.74) is 1.89. The second-order valence-corrected chi connectivity index (χ2v) is 6.56. The van der Waals surface area contributed by atoms with Crippen LogP contribution in [-0.2, 0) is 15.9 Å². The zero-order chi connectivity index (χ0) is 15.5. The summed E-state index contributed by atoms with van der Waals surface area (Å²) < 4.78 is 11.4. The van der Waals surface area contributed by atoms with Crippen LogP contribution in [0.4, 0.5) is 0 Å². The molecule has 3 rings (SSSR count). The van der Waals surface area contributed by atoms with E-state index in [9.17, 15) is 5.11 Å². The van der Waals surface area contributed by atoms with Gasteiger partial charge in [-0.2, -0.15) is 0 Å². The molecule has 0 aromatic carbocycles. The molecule has 0 radical (unpaired) electrons. The highest BCUT2D eigenvalue weighted by atomic mass is 35.5. The van der Waals surface area contributed by atoms with Crippen molar-refractivity contribution in [3.05, 3.63) is 50.4 Å². The summed E-state index contributed by atoms with van der Waals surface area (Å²) in [5.74, 6) is 0. The van der Waals surface area contributed by atoms with Crippen LogP contribution in [0.2, 0.25) is 4.34 Å². The third-order valence-electron chi connectivity index (χ3n) is 3.45. The number of hydrogen-bond acceptors (Lipinski definition) is 6. The fraction of sp³-hybridized carbons (Fsp3) is 0.400. The first-order valence-corrected chi connectivity index (χ1v) is 8.15. The lowest BCUT2D eigenvalue weighted by atomic mass is 10.0. The van der Waals surface area contributed by atoms with Crippen LogP contribution in [0.15, 0.2) is 24.4 Å². The Morgan fingerprint density at radius 1 is 1.41 bits per heavy atom. The molecule has 1 saturated heterocycles. The third kappa shape index (κ3) is 3.17. The largest absolute Gasteiger partial charge is 0.396 e. The zero-order valence-electron chi connectivity index (χ0n) is 11.7. The fourth-order valence-electron chi connectivity index (χ4n) is 2.40. The van der Waals surface area contributed by atoms with E-state index >= 15 is 0 Å². The van der Waals surface area contributed by atoms with E-state index in [1.807, 2.05) is 6.07 Å². The van der Waals surface area contributed by atoms with E-state index in [4.69, 9.17) is 26.2 Å². The van der Waals surface area contributed by atoms with Crippen LogP contribution >= 0.6 is 22.9 Å². The molecule has 1 aliphatic rings. The molecule has 0 bridgehead atoms. The Bertz CT molecular complexity index is 642. The second kappa shape index (κ2) is 7.04. The first-order chi connectivity index (χ1) is 10.7. The molecule has 0 spiro atoms. The molecule has 1 atom stereocenters. The van der Waals surface area contributed by atoms with Crippen molar-refractivity contribution in [1.29, 1.82) is 0 Å². The average Bonchev–Trinajstić information content (AvgIpc) is 3.17. The molecule has 2 N–H and O–H groups in total. The SMILES string of the molecule is OCCc1cccnc1C(O)c1cc(C2OCCO2)sc1Cl. The number of rotatable bonds is 5. The topological polar surface area (TPSA) is 71.8 Å². The highest BCUT2D eigenvalue weighted by molar-refractivity contribution is 7.16. The number of nitrogens with zero attached hydrogens (tertiary/aromatic N) is 1. The lowest BCUT2D eigenvalue weighted by Gasteiger charge is -2.13. The molecule has 0 aliphatic carbocycles. The molecule has 22 heavy (non-hydrogen) atoms. The molecule has 2 aromatic rings. The van der Waals surface area contributed by atoms with Crippen LogP contribution in [0.3, 0.4) is 0 Å². The number of thiophene rings is 1. The van der Waals surface area contributed by atoms with Gasteiger partial charge in [-0.3, -0.25) is 4.98 Å². The molecule has 2 aromatic heterocycles. The molecule has 1 fully saturated rings. The molecule has 0 saturated carbocycles. The van der Waals surface area contributed by atoms with Crippen LogP contribution in [0.5, 0.6) is 0 Å². The van der Waals surface area contributed by atoms with Gasteiger partial charge in [-0.15, -0.1) is 11.3 Å². The number of hydrogen-bond donors (Lipinski definition) is 2. The van der Waals surface area contributed by atoms with Gasteiger partial charge in [0.1, 0.15) is 6.10 Å². The van der Waals surface area contributed by atoms with Gasteiger partial charge in [0.15, 0.2) is 6.29 Å². The Morgan fingerprint density at radius 3 is 2.91 bits per heavy atom. The van der Waals surface area contributed by atoms with Crippen molar-refractivity contribution in [2.75, 3.05) is 19.8 Å². The number of pyridine rings is 1. The number of ether oxygens (including phenoxy) is 2. The number of aliphatic hydroxyl groups excluding tert-OH is 2. The minimum absolute atomic E-state index is 0.00220. The average molecular weight is 342 g/mol. The lowest BCUT2D eigenvalue weighted by Crippen LogP contribution is -2.07. The molecule has 5 nitrogen and oxygen atoms in total. The lowest BCUT2D eigenvalue weighted by molar-refractivity contribution is -0.0414. The maximum absolute atomic E-state index is 10.6. The summed E-state index contributed by atoms with van der Waals surface area (Å²) in [6.45, 7) is 1.11. The van der Waals surface area contributed by atoms with Crippen LogP contribution in [-0.4, -0.2) is 35.0 Å².